The Bertz CT molecular complexity index is 1190. The zero-order chi connectivity index (χ0) is 23.8. The van der Waals surface area contributed by atoms with Crippen LogP contribution in [-0.2, 0) is 0 Å². The van der Waals surface area contributed by atoms with E-state index in [4.69, 9.17) is 0 Å². The molecule has 3 aromatic rings. The predicted molar refractivity (Wildman–Crippen MR) is 124 cm³/mol. The molecule has 3 N–H and O–H groups in total. The van der Waals surface area contributed by atoms with E-state index in [1.807, 2.05) is 6.92 Å². The first-order chi connectivity index (χ1) is 15.6. The number of halogens is 2. The molecule has 0 radical (unpaired) electrons. The van der Waals surface area contributed by atoms with Gasteiger partial charge in [-0.2, -0.15) is 4.98 Å². The first-order valence-corrected chi connectivity index (χ1v) is 11.2. The number of alkyl halides is 2. The fraction of sp³-hybridized carbons (Fsp3) is 0.364. The molecule has 3 heterocycles. The van der Waals surface area contributed by atoms with Crippen molar-refractivity contribution >= 4 is 39.8 Å². The lowest BCUT2D eigenvalue weighted by Gasteiger charge is -2.31. The molecule has 8 nitrogen and oxygen atoms in total. The number of nitrogens with zero attached hydrogens (tertiary/aromatic N) is 4. The molecule has 174 valence electrons. The lowest BCUT2D eigenvalue weighted by Crippen LogP contribution is -2.40. The van der Waals surface area contributed by atoms with Gasteiger partial charge in [-0.1, -0.05) is 17.4 Å². The summed E-state index contributed by atoms with van der Waals surface area (Å²) in [7, 11) is 0. The summed E-state index contributed by atoms with van der Waals surface area (Å²) < 4.78 is 27.0. The summed E-state index contributed by atoms with van der Waals surface area (Å²) in [4.78, 5) is 27.9. The Hall–Kier alpha value is -3.34. The molecule has 1 saturated heterocycles. The summed E-state index contributed by atoms with van der Waals surface area (Å²) in [5.74, 6) is -2.02. The Morgan fingerprint density at radius 2 is 1.91 bits per heavy atom. The molecule has 0 unspecified atom stereocenters. The fourth-order valence-electron chi connectivity index (χ4n) is 3.54. The number of nitrogens with one attached hydrogen (secondary N) is 2. The summed E-state index contributed by atoms with van der Waals surface area (Å²) in [6, 6.07) is 5.04. The number of hydrogen-bond donors (Lipinski definition) is 3. The summed E-state index contributed by atoms with van der Waals surface area (Å²) in [5, 5.41) is 16.3. The van der Waals surface area contributed by atoms with Crippen LogP contribution >= 0.6 is 11.3 Å². The molecule has 1 amide bonds. The smallest absolute Gasteiger partial charge is 0.267 e. The van der Waals surface area contributed by atoms with Crippen molar-refractivity contribution in [3.63, 3.8) is 0 Å². The molecule has 11 heteroatoms. The van der Waals surface area contributed by atoms with Crippen LogP contribution in [0.25, 0.3) is 0 Å². The van der Waals surface area contributed by atoms with E-state index in [1.165, 1.54) is 6.20 Å². The number of piperidine rings is 1. The van der Waals surface area contributed by atoms with Gasteiger partial charge in [0.2, 0.25) is 5.95 Å². The predicted octanol–water partition coefficient (Wildman–Crippen LogP) is 4.80. The molecule has 0 aliphatic carbocycles. The Morgan fingerprint density at radius 1 is 1.18 bits per heavy atom. The molecule has 1 aromatic carbocycles. The topological polar surface area (TPSA) is 103 Å². The highest BCUT2D eigenvalue weighted by atomic mass is 32.1. The number of phenols is 1. The third-order valence-electron chi connectivity index (χ3n) is 5.47. The van der Waals surface area contributed by atoms with Crippen molar-refractivity contribution in [1.82, 2.24) is 15.0 Å². The van der Waals surface area contributed by atoms with Crippen LogP contribution in [-0.4, -0.2) is 45.0 Å². The van der Waals surface area contributed by atoms with Crippen LogP contribution in [0.15, 0.2) is 24.4 Å². The highest BCUT2D eigenvalue weighted by Crippen LogP contribution is 2.31. The van der Waals surface area contributed by atoms with Gasteiger partial charge in [-0.3, -0.25) is 4.79 Å². The van der Waals surface area contributed by atoms with Crippen molar-refractivity contribution in [3.8, 4) is 5.75 Å². The van der Waals surface area contributed by atoms with E-state index >= 15 is 0 Å². The van der Waals surface area contributed by atoms with Gasteiger partial charge < -0.3 is 20.6 Å². The minimum absolute atomic E-state index is 0.106. The van der Waals surface area contributed by atoms with E-state index in [9.17, 15) is 18.7 Å². The van der Waals surface area contributed by atoms with Crippen molar-refractivity contribution in [1.29, 1.82) is 0 Å². The zero-order valence-corrected chi connectivity index (χ0v) is 19.3. The van der Waals surface area contributed by atoms with Crippen LogP contribution in [0.3, 0.4) is 0 Å². The summed E-state index contributed by atoms with van der Waals surface area (Å²) >= 11 is 1.15. The summed E-state index contributed by atoms with van der Waals surface area (Å²) in [6.07, 6.45) is 1.00. The molecule has 1 aliphatic heterocycles. The molecule has 0 spiro atoms. The number of amides is 1. The van der Waals surface area contributed by atoms with Gasteiger partial charge >= 0.3 is 0 Å². The van der Waals surface area contributed by atoms with E-state index in [0.29, 0.717) is 38.7 Å². The third kappa shape index (κ3) is 5.19. The van der Waals surface area contributed by atoms with E-state index in [2.05, 4.69) is 25.6 Å². The van der Waals surface area contributed by atoms with E-state index in [0.717, 1.165) is 16.9 Å². The second-order valence-electron chi connectivity index (χ2n) is 8.05. The second-order valence-corrected chi connectivity index (χ2v) is 9.08. The largest absolute Gasteiger partial charge is 0.508 e. The molecule has 2 aromatic heterocycles. The molecule has 1 fully saturated rings. The average Bonchev–Trinajstić information content (AvgIpc) is 3.22. The van der Waals surface area contributed by atoms with Crippen LogP contribution in [0, 0.1) is 20.8 Å². The maximum atomic E-state index is 13.5. The number of phenolic OH excluding ortho intramolecular Hbond substituents is 1. The average molecular weight is 475 g/mol. The number of benzene rings is 1. The molecular weight excluding hydrogens is 450 g/mol. The normalized spacial score (nSPS) is 15.4. The van der Waals surface area contributed by atoms with Gasteiger partial charge in [0.25, 0.3) is 11.8 Å². The lowest BCUT2D eigenvalue weighted by atomic mass is 10.1. The van der Waals surface area contributed by atoms with Gasteiger partial charge in [-0.25, -0.2) is 18.7 Å². The second kappa shape index (κ2) is 8.89. The number of carbonyl (C=O) groups is 1. The van der Waals surface area contributed by atoms with Gasteiger partial charge in [0, 0.05) is 43.3 Å². The number of anilines is 4. The van der Waals surface area contributed by atoms with Gasteiger partial charge in [-0.15, -0.1) is 0 Å². The first kappa shape index (κ1) is 22.8. The molecule has 0 bridgehead atoms. The Labute approximate surface area is 193 Å². The quantitative estimate of drug-likeness (QED) is 0.488. The van der Waals surface area contributed by atoms with Crippen molar-refractivity contribution in [2.24, 2.45) is 0 Å². The zero-order valence-electron chi connectivity index (χ0n) is 18.4. The van der Waals surface area contributed by atoms with E-state index in [1.54, 1.807) is 36.9 Å². The number of aromatic hydroxyl groups is 1. The van der Waals surface area contributed by atoms with Gasteiger partial charge in [0.15, 0.2) is 5.13 Å². The van der Waals surface area contributed by atoms with Gasteiger partial charge in [0.1, 0.15) is 16.4 Å². The molecule has 33 heavy (non-hydrogen) atoms. The Balaban J connectivity index is 1.47. The summed E-state index contributed by atoms with van der Waals surface area (Å²) in [6.45, 7) is 5.75. The molecule has 4 rings (SSSR count). The van der Waals surface area contributed by atoms with Crippen LogP contribution < -0.4 is 15.5 Å². The van der Waals surface area contributed by atoms with Crippen molar-refractivity contribution < 1.29 is 18.7 Å². The van der Waals surface area contributed by atoms with Crippen LogP contribution in [0.1, 0.15) is 39.3 Å². The molecule has 0 saturated carbocycles. The Morgan fingerprint density at radius 3 is 2.64 bits per heavy atom. The maximum Gasteiger partial charge on any atom is 0.267 e. The van der Waals surface area contributed by atoms with E-state index in [-0.39, 0.29) is 37.6 Å². The van der Waals surface area contributed by atoms with Gasteiger partial charge in [0.05, 0.1) is 11.9 Å². The number of aromatic nitrogens is 3. The molecular formula is C22H24F2N6O2S. The molecule has 0 atom stereocenters. The van der Waals surface area contributed by atoms with Crippen molar-refractivity contribution in [2.45, 2.75) is 39.5 Å². The van der Waals surface area contributed by atoms with Crippen LogP contribution in [0.4, 0.5) is 31.4 Å². The SMILES string of the molecule is Cc1cc(Nc2ncc(C(=O)Nc3c(C)ccc(O)c3C)s2)nc(N2CCC(F)(F)CC2)n1. The monoisotopic (exact) mass is 474 g/mol. The number of carbonyl (C=O) groups excluding carboxylic acids is 1. The highest BCUT2D eigenvalue weighted by Gasteiger charge is 2.34. The van der Waals surface area contributed by atoms with E-state index < -0.39 is 5.92 Å². The first-order valence-electron chi connectivity index (χ1n) is 10.4. The van der Waals surface area contributed by atoms with Crippen molar-refractivity contribution in [2.75, 3.05) is 28.6 Å². The minimum atomic E-state index is -2.64. The number of aryl methyl sites for hydroxylation is 2. The number of hydrogen-bond acceptors (Lipinski definition) is 8. The van der Waals surface area contributed by atoms with Crippen LogP contribution in [0.2, 0.25) is 0 Å². The Kier molecular flexibility index (Phi) is 6.15. The third-order valence-corrected chi connectivity index (χ3v) is 6.38. The van der Waals surface area contributed by atoms with Crippen molar-refractivity contribution in [3.05, 3.63) is 46.1 Å². The van der Waals surface area contributed by atoms with Crippen LogP contribution in [0.5, 0.6) is 5.75 Å². The standard InChI is InChI=1S/C22H24F2N6O2S/c1-12-4-5-15(31)14(3)18(12)29-19(32)16-11-25-21(33-16)28-17-10-13(2)26-20(27-17)30-8-6-22(23,24)7-9-30/h4-5,10-11,31H,6-9H2,1-3H3,(H,29,32)(H,25,26,27,28). The number of rotatable bonds is 5. The lowest BCUT2D eigenvalue weighted by molar-refractivity contribution is -0.0222. The fourth-order valence-corrected chi connectivity index (χ4v) is 4.26. The maximum absolute atomic E-state index is 13.5. The summed E-state index contributed by atoms with van der Waals surface area (Å²) in [5.41, 5.74) is 2.67. The minimum Gasteiger partial charge on any atom is -0.508 e. The van der Waals surface area contributed by atoms with Gasteiger partial charge in [-0.05, 0) is 32.4 Å². The molecule has 1 aliphatic rings. The number of thiazole rings is 1. The highest BCUT2D eigenvalue weighted by molar-refractivity contribution is 7.17.